The van der Waals surface area contributed by atoms with Gasteiger partial charge >= 0.3 is 0 Å². The molecule has 116 valence electrons. The van der Waals surface area contributed by atoms with Crippen molar-refractivity contribution in [3.63, 3.8) is 0 Å². The fourth-order valence-corrected chi connectivity index (χ4v) is 2.73. The number of amides is 1. The molecule has 0 aliphatic carbocycles. The number of aryl methyl sites for hydroxylation is 1. The summed E-state index contributed by atoms with van der Waals surface area (Å²) in [5, 5.41) is 3.17. The third-order valence-electron chi connectivity index (χ3n) is 3.41. The van der Waals surface area contributed by atoms with Crippen LogP contribution in [-0.4, -0.2) is 11.9 Å². The van der Waals surface area contributed by atoms with E-state index in [0.717, 1.165) is 12.8 Å². The maximum absolute atomic E-state index is 13.9. The van der Waals surface area contributed by atoms with E-state index in [9.17, 15) is 9.18 Å². The van der Waals surface area contributed by atoms with Crippen LogP contribution in [0.1, 0.15) is 29.3 Å². The molecule has 0 saturated heterocycles. The van der Waals surface area contributed by atoms with Crippen LogP contribution in [0.5, 0.6) is 0 Å². The fourth-order valence-electron chi connectivity index (χ4n) is 2.30. The Balaban J connectivity index is 2.08. The summed E-state index contributed by atoms with van der Waals surface area (Å²) in [5.41, 5.74) is 6.83. The minimum Gasteiger partial charge on any atom is -0.382 e. The second-order valence-corrected chi connectivity index (χ2v) is 6.16. The van der Waals surface area contributed by atoms with Gasteiger partial charge < -0.3 is 11.1 Å². The average Bonchev–Trinajstić information content (AvgIpc) is 2.45. The molecule has 0 heterocycles. The Morgan fingerprint density at radius 3 is 2.64 bits per heavy atom. The Morgan fingerprint density at radius 1 is 1.32 bits per heavy atom. The summed E-state index contributed by atoms with van der Waals surface area (Å²) >= 11 is 3.23. The van der Waals surface area contributed by atoms with E-state index < -0.39 is 11.7 Å². The Hall–Kier alpha value is -1.88. The molecule has 1 unspecified atom stereocenters. The first-order chi connectivity index (χ1) is 10.5. The normalized spacial score (nSPS) is 12.0. The van der Waals surface area contributed by atoms with Crippen LogP contribution in [0.2, 0.25) is 0 Å². The van der Waals surface area contributed by atoms with Gasteiger partial charge in [0.2, 0.25) is 0 Å². The molecule has 0 radical (unpaired) electrons. The van der Waals surface area contributed by atoms with Gasteiger partial charge in [0, 0.05) is 10.5 Å². The van der Waals surface area contributed by atoms with Crippen molar-refractivity contribution in [1.82, 2.24) is 0 Å². The molecule has 0 spiro atoms. The lowest BCUT2D eigenvalue weighted by molar-refractivity contribution is 0.0997. The van der Waals surface area contributed by atoms with Crippen LogP contribution in [0.4, 0.5) is 10.1 Å². The van der Waals surface area contributed by atoms with Crippen molar-refractivity contribution in [2.45, 2.75) is 25.8 Å². The van der Waals surface area contributed by atoms with Crippen molar-refractivity contribution in [3.8, 4) is 0 Å². The summed E-state index contributed by atoms with van der Waals surface area (Å²) in [7, 11) is 0. The first-order valence-electron chi connectivity index (χ1n) is 7.06. The predicted octanol–water partition coefficient (Wildman–Crippen LogP) is 4.12. The number of anilines is 1. The highest BCUT2D eigenvalue weighted by Gasteiger charge is 2.17. The average molecular weight is 365 g/mol. The Kier molecular flexibility index (Phi) is 5.55. The number of carbonyl (C=O) groups excluding carboxylic acids is 1. The Labute approximate surface area is 137 Å². The number of halogens is 2. The van der Waals surface area contributed by atoms with Crippen molar-refractivity contribution in [1.29, 1.82) is 0 Å². The van der Waals surface area contributed by atoms with Gasteiger partial charge in [-0.1, -0.05) is 46.3 Å². The second-order valence-electron chi connectivity index (χ2n) is 5.24. The molecular formula is C17H18BrFN2O. The van der Waals surface area contributed by atoms with Gasteiger partial charge in [0.05, 0.1) is 11.3 Å². The van der Waals surface area contributed by atoms with Crippen molar-refractivity contribution >= 4 is 27.5 Å². The van der Waals surface area contributed by atoms with Crippen LogP contribution in [0.15, 0.2) is 46.9 Å². The van der Waals surface area contributed by atoms with E-state index in [1.165, 1.54) is 11.6 Å². The third kappa shape index (κ3) is 4.31. The molecule has 0 saturated carbocycles. The van der Waals surface area contributed by atoms with Gasteiger partial charge in [0.1, 0.15) is 5.82 Å². The summed E-state index contributed by atoms with van der Waals surface area (Å²) in [5.74, 6) is -1.40. The van der Waals surface area contributed by atoms with E-state index in [-0.39, 0.29) is 11.6 Å². The van der Waals surface area contributed by atoms with E-state index in [0.29, 0.717) is 10.2 Å². The molecule has 0 aromatic heterocycles. The molecule has 1 amide bonds. The number of carbonyl (C=O) groups is 1. The van der Waals surface area contributed by atoms with Gasteiger partial charge in [0.25, 0.3) is 5.91 Å². The highest BCUT2D eigenvalue weighted by molar-refractivity contribution is 9.10. The molecule has 1 atom stereocenters. The molecule has 0 fully saturated rings. The van der Waals surface area contributed by atoms with Crippen LogP contribution in [0.25, 0.3) is 0 Å². The number of hydrogen-bond acceptors (Lipinski definition) is 2. The number of hydrogen-bond donors (Lipinski definition) is 2. The van der Waals surface area contributed by atoms with Crippen molar-refractivity contribution in [3.05, 3.63) is 63.9 Å². The van der Waals surface area contributed by atoms with E-state index in [4.69, 9.17) is 5.73 Å². The summed E-state index contributed by atoms with van der Waals surface area (Å²) in [6, 6.07) is 13.1. The SMILES string of the molecule is CC(CCc1ccccc1)Nc1cc(Br)cc(F)c1C(N)=O. The van der Waals surface area contributed by atoms with Crippen LogP contribution in [0.3, 0.4) is 0 Å². The Bertz CT molecular complexity index is 661. The van der Waals surface area contributed by atoms with Gasteiger partial charge in [0.15, 0.2) is 0 Å². The highest BCUT2D eigenvalue weighted by Crippen LogP contribution is 2.25. The van der Waals surface area contributed by atoms with Crippen molar-refractivity contribution in [2.75, 3.05) is 5.32 Å². The van der Waals surface area contributed by atoms with Crippen molar-refractivity contribution < 1.29 is 9.18 Å². The zero-order valence-electron chi connectivity index (χ0n) is 12.3. The number of rotatable bonds is 6. The molecule has 3 N–H and O–H groups in total. The number of primary amides is 1. The maximum atomic E-state index is 13.9. The molecular weight excluding hydrogens is 347 g/mol. The Morgan fingerprint density at radius 2 is 2.00 bits per heavy atom. The standard InChI is InChI=1S/C17H18BrFN2O/c1-11(7-8-12-5-3-2-4-6-12)21-15-10-13(18)9-14(19)16(15)17(20)22/h2-6,9-11,21H,7-8H2,1H3,(H2,20,22). The molecule has 22 heavy (non-hydrogen) atoms. The zero-order chi connectivity index (χ0) is 16.1. The first kappa shape index (κ1) is 16.5. The molecule has 0 aliphatic rings. The third-order valence-corrected chi connectivity index (χ3v) is 3.87. The van der Waals surface area contributed by atoms with Crippen LogP contribution < -0.4 is 11.1 Å². The minimum atomic E-state index is -0.775. The van der Waals surface area contributed by atoms with Gasteiger partial charge in [-0.15, -0.1) is 0 Å². The van der Waals surface area contributed by atoms with Crippen molar-refractivity contribution in [2.24, 2.45) is 5.73 Å². The number of nitrogens with one attached hydrogen (secondary N) is 1. The monoisotopic (exact) mass is 364 g/mol. The van der Waals surface area contributed by atoms with E-state index in [1.54, 1.807) is 6.07 Å². The lowest BCUT2D eigenvalue weighted by atomic mass is 10.1. The number of nitrogens with two attached hydrogens (primary N) is 1. The van der Waals surface area contributed by atoms with E-state index in [1.807, 2.05) is 25.1 Å². The zero-order valence-corrected chi connectivity index (χ0v) is 13.9. The summed E-state index contributed by atoms with van der Waals surface area (Å²) in [6.45, 7) is 1.99. The maximum Gasteiger partial charge on any atom is 0.253 e. The summed E-state index contributed by atoms with van der Waals surface area (Å²) < 4.78 is 14.5. The largest absolute Gasteiger partial charge is 0.382 e. The molecule has 2 aromatic carbocycles. The van der Waals surface area contributed by atoms with Gasteiger partial charge in [-0.25, -0.2) is 4.39 Å². The van der Waals surface area contributed by atoms with Gasteiger partial charge in [-0.2, -0.15) is 0 Å². The summed E-state index contributed by atoms with van der Waals surface area (Å²) in [4.78, 5) is 11.4. The fraction of sp³-hybridized carbons (Fsp3) is 0.235. The quantitative estimate of drug-likeness (QED) is 0.809. The van der Waals surface area contributed by atoms with E-state index >= 15 is 0 Å². The smallest absolute Gasteiger partial charge is 0.253 e. The lowest BCUT2D eigenvalue weighted by Crippen LogP contribution is -2.21. The molecule has 2 rings (SSSR count). The molecule has 5 heteroatoms. The van der Waals surface area contributed by atoms with Crippen LogP contribution >= 0.6 is 15.9 Å². The van der Waals surface area contributed by atoms with Gasteiger partial charge in [-0.05, 0) is 37.5 Å². The predicted molar refractivity (Wildman–Crippen MR) is 90.5 cm³/mol. The topological polar surface area (TPSA) is 55.1 Å². The second kappa shape index (κ2) is 7.40. The lowest BCUT2D eigenvalue weighted by Gasteiger charge is -2.18. The van der Waals surface area contributed by atoms with Gasteiger partial charge in [-0.3, -0.25) is 4.79 Å². The number of benzene rings is 2. The van der Waals surface area contributed by atoms with Crippen LogP contribution in [0, 0.1) is 5.82 Å². The first-order valence-corrected chi connectivity index (χ1v) is 7.86. The molecule has 0 bridgehead atoms. The molecule has 2 aromatic rings. The van der Waals surface area contributed by atoms with Crippen LogP contribution in [-0.2, 0) is 6.42 Å². The van der Waals surface area contributed by atoms with E-state index in [2.05, 4.69) is 33.4 Å². The highest BCUT2D eigenvalue weighted by atomic mass is 79.9. The summed E-state index contributed by atoms with van der Waals surface area (Å²) in [6.07, 6.45) is 1.76. The molecule has 0 aliphatic heterocycles. The molecule has 3 nitrogen and oxygen atoms in total. The minimum absolute atomic E-state index is 0.0759.